The molecular weight excluding hydrogens is 258 g/mol. The molecule has 0 aliphatic rings. The van der Waals surface area contributed by atoms with Crippen molar-refractivity contribution in [1.82, 2.24) is 0 Å². The zero-order valence-electron chi connectivity index (χ0n) is 10.6. The van der Waals surface area contributed by atoms with Gasteiger partial charge in [-0.3, -0.25) is 5.32 Å². The van der Waals surface area contributed by atoms with Gasteiger partial charge >= 0.3 is 12.1 Å². The molecule has 0 aromatic heterocycles. The lowest BCUT2D eigenvalue weighted by molar-refractivity contribution is 0.0699. The van der Waals surface area contributed by atoms with Crippen LogP contribution >= 0.6 is 0 Å². The van der Waals surface area contributed by atoms with E-state index in [-0.39, 0.29) is 12.2 Å². The second-order valence-electron chi connectivity index (χ2n) is 4.02. The van der Waals surface area contributed by atoms with Gasteiger partial charge in [0.1, 0.15) is 6.61 Å². The third kappa shape index (κ3) is 2.77. The predicted octanol–water partition coefficient (Wildman–Crippen LogP) is 3.27. The molecule has 0 fully saturated rings. The van der Waals surface area contributed by atoms with Gasteiger partial charge in [-0.25, -0.2) is 9.59 Å². The lowest BCUT2D eigenvalue weighted by Crippen LogP contribution is -2.13. The summed E-state index contributed by atoms with van der Waals surface area (Å²) in [6, 6.07) is 9.95. The summed E-state index contributed by atoms with van der Waals surface area (Å²) in [5, 5.41) is 12.9. The van der Waals surface area contributed by atoms with Gasteiger partial charge < -0.3 is 9.84 Å². The lowest BCUT2D eigenvalue weighted by atomic mass is 10.0. The molecule has 0 atom stereocenters. The minimum atomic E-state index is -1.01. The van der Waals surface area contributed by atoms with E-state index in [1.54, 1.807) is 30.3 Å². The van der Waals surface area contributed by atoms with Crippen molar-refractivity contribution in [2.24, 2.45) is 0 Å². The molecule has 0 radical (unpaired) electrons. The smallest absolute Gasteiger partial charge is 0.411 e. The third-order valence-corrected chi connectivity index (χ3v) is 2.72. The van der Waals surface area contributed by atoms with Crippen molar-refractivity contribution in [2.75, 3.05) is 11.9 Å². The molecule has 0 saturated heterocycles. The number of benzene rings is 2. The molecule has 1 amide bonds. The molecule has 0 saturated carbocycles. The zero-order valence-corrected chi connectivity index (χ0v) is 10.6. The third-order valence-electron chi connectivity index (χ3n) is 2.72. The molecule has 102 valence electrons. The van der Waals surface area contributed by atoms with Crippen LogP contribution in [0, 0.1) is 0 Å². The number of carbonyl (C=O) groups excluding carboxylic acids is 1. The molecule has 0 aliphatic carbocycles. The Morgan fingerprint density at radius 3 is 2.60 bits per heavy atom. The summed E-state index contributed by atoms with van der Waals surface area (Å²) in [7, 11) is 0. The number of fused-ring (bicyclic) bond motifs is 1. The molecule has 5 nitrogen and oxygen atoms in total. The summed E-state index contributed by atoms with van der Waals surface area (Å²) in [4.78, 5) is 22.7. The number of hydrogen-bond acceptors (Lipinski definition) is 3. The van der Waals surface area contributed by atoms with E-state index in [0.717, 1.165) is 0 Å². The average molecular weight is 271 g/mol. The number of carboxylic acids is 1. The fourth-order valence-electron chi connectivity index (χ4n) is 1.89. The second-order valence-corrected chi connectivity index (χ2v) is 4.02. The molecule has 20 heavy (non-hydrogen) atoms. The van der Waals surface area contributed by atoms with Crippen LogP contribution in [0.15, 0.2) is 49.1 Å². The van der Waals surface area contributed by atoms with E-state index in [9.17, 15) is 9.59 Å². The number of anilines is 1. The van der Waals surface area contributed by atoms with Crippen molar-refractivity contribution in [3.8, 4) is 0 Å². The van der Waals surface area contributed by atoms with Crippen LogP contribution in [-0.2, 0) is 4.74 Å². The van der Waals surface area contributed by atoms with Crippen LogP contribution < -0.4 is 5.32 Å². The van der Waals surface area contributed by atoms with Crippen LogP contribution in [0.2, 0.25) is 0 Å². The van der Waals surface area contributed by atoms with Gasteiger partial charge in [0.2, 0.25) is 0 Å². The van der Waals surface area contributed by atoms with Crippen LogP contribution in [-0.4, -0.2) is 23.8 Å². The SMILES string of the molecule is C=CCOC(=O)Nc1cccc2c(C(=O)O)cccc12. The summed E-state index contributed by atoms with van der Waals surface area (Å²) in [5.74, 6) is -1.01. The number of carbonyl (C=O) groups is 2. The minimum absolute atomic E-state index is 0.108. The number of aromatic carboxylic acids is 1. The van der Waals surface area contributed by atoms with Gasteiger partial charge in [-0.05, 0) is 17.5 Å². The van der Waals surface area contributed by atoms with Crippen molar-refractivity contribution < 1.29 is 19.4 Å². The van der Waals surface area contributed by atoms with Gasteiger partial charge in [0.05, 0.1) is 11.3 Å². The Morgan fingerprint density at radius 2 is 1.90 bits per heavy atom. The highest BCUT2D eigenvalue weighted by Crippen LogP contribution is 2.26. The van der Waals surface area contributed by atoms with E-state index in [0.29, 0.717) is 16.5 Å². The summed E-state index contributed by atoms with van der Waals surface area (Å²) < 4.78 is 4.84. The Labute approximate surface area is 115 Å². The van der Waals surface area contributed by atoms with Gasteiger partial charge in [0.15, 0.2) is 0 Å². The maximum absolute atomic E-state index is 11.5. The molecular formula is C15H13NO4. The van der Waals surface area contributed by atoms with Gasteiger partial charge in [-0.15, -0.1) is 0 Å². The van der Waals surface area contributed by atoms with Gasteiger partial charge in [-0.1, -0.05) is 36.9 Å². The predicted molar refractivity (Wildman–Crippen MR) is 76.1 cm³/mol. The molecule has 0 aliphatic heterocycles. The highest BCUT2D eigenvalue weighted by Gasteiger charge is 2.11. The summed E-state index contributed by atoms with van der Waals surface area (Å²) in [6.45, 7) is 3.56. The van der Waals surface area contributed by atoms with Crippen LogP contribution in [0.4, 0.5) is 10.5 Å². The Balaban J connectivity index is 2.40. The minimum Gasteiger partial charge on any atom is -0.478 e. The van der Waals surface area contributed by atoms with Crippen molar-refractivity contribution in [1.29, 1.82) is 0 Å². The Hall–Kier alpha value is -2.82. The Kier molecular flexibility index (Phi) is 4.00. The summed E-state index contributed by atoms with van der Waals surface area (Å²) >= 11 is 0. The number of nitrogens with one attached hydrogen (secondary N) is 1. The second kappa shape index (κ2) is 5.88. The average Bonchev–Trinajstić information content (AvgIpc) is 2.44. The Bertz CT molecular complexity index is 679. The summed E-state index contributed by atoms with van der Waals surface area (Å²) in [5.41, 5.74) is 0.685. The molecule has 0 unspecified atom stereocenters. The molecule has 2 rings (SSSR count). The lowest BCUT2D eigenvalue weighted by Gasteiger charge is -2.10. The number of ether oxygens (including phenoxy) is 1. The van der Waals surface area contributed by atoms with E-state index in [1.165, 1.54) is 12.1 Å². The fourth-order valence-corrected chi connectivity index (χ4v) is 1.89. The largest absolute Gasteiger partial charge is 0.478 e. The van der Waals surface area contributed by atoms with Crippen LogP contribution in [0.25, 0.3) is 10.8 Å². The molecule has 0 bridgehead atoms. The van der Waals surface area contributed by atoms with Crippen molar-refractivity contribution in [3.05, 3.63) is 54.6 Å². The van der Waals surface area contributed by atoms with Gasteiger partial charge in [0.25, 0.3) is 0 Å². The number of carboxylic acid groups (broad SMARTS) is 1. The molecule has 2 N–H and O–H groups in total. The summed E-state index contributed by atoms with van der Waals surface area (Å²) in [6.07, 6.45) is 0.851. The number of amides is 1. The van der Waals surface area contributed by atoms with Gasteiger partial charge in [-0.2, -0.15) is 0 Å². The van der Waals surface area contributed by atoms with Gasteiger partial charge in [0, 0.05) is 5.39 Å². The van der Waals surface area contributed by atoms with E-state index < -0.39 is 12.1 Å². The van der Waals surface area contributed by atoms with E-state index in [4.69, 9.17) is 9.84 Å². The first-order chi connectivity index (χ1) is 9.63. The maximum Gasteiger partial charge on any atom is 0.411 e. The monoisotopic (exact) mass is 271 g/mol. The Morgan fingerprint density at radius 1 is 1.20 bits per heavy atom. The topological polar surface area (TPSA) is 75.6 Å². The normalized spacial score (nSPS) is 10.0. The standard InChI is InChI=1S/C15H13NO4/c1-2-9-20-15(19)16-13-8-4-5-10-11(13)6-3-7-12(10)14(17)18/h2-8H,1,9H2,(H,16,19)(H,17,18). The first-order valence-electron chi connectivity index (χ1n) is 5.93. The molecule has 2 aromatic rings. The molecule has 2 aromatic carbocycles. The van der Waals surface area contributed by atoms with Crippen molar-refractivity contribution >= 4 is 28.5 Å². The highest BCUT2D eigenvalue weighted by molar-refractivity contribution is 6.09. The quantitative estimate of drug-likeness (QED) is 0.837. The molecule has 5 heteroatoms. The van der Waals surface area contributed by atoms with Crippen LogP contribution in [0.3, 0.4) is 0 Å². The first kappa shape index (κ1) is 13.6. The van der Waals surface area contributed by atoms with Crippen molar-refractivity contribution in [2.45, 2.75) is 0 Å². The van der Waals surface area contributed by atoms with Crippen molar-refractivity contribution in [3.63, 3.8) is 0 Å². The fraction of sp³-hybridized carbons (Fsp3) is 0.0667. The number of hydrogen-bond donors (Lipinski definition) is 2. The first-order valence-corrected chi connectivity index (χ1v) is 5.93. The molecule has 0 spiro atoms. The molecule has 0 heterocycles. The van der Waals surface area contributed by atoms with E-state index >= 15 is 0 Å². The van der Waals surface area contributed by atoms with Crippen LogP contribution in [0.1, 0.15) is 10.4 Å². The maximum atomic E-state index is 11.5. The van der Waals surface area contributed by atoms with E-state index in [2.05, 4.69) is 11.9 Å². The number of rotatable bonds is 4. The highest BCUT2D eigenvalue weighted by atomic mass is 16.5. The van der Waals surface area contributed by atoms with E-state index in [1.807, 2.05) is 0 Å². The zero-order chi connectivity index (χ0) is 14.5. The van der Waals surface area contributed by atoms with Crippen LogP contribution in [0.5, 0.6) is 0 Å².